The molecule has 0 amide bonds. The highest BCUT2D eigenvalue weighted by atomic mass is 28.3. The SMILES string of the molecule is C[Si]1(C)c2c(-c3nc(-c4ccccc4)nc(-c4ccc(-c5cccc6ccccc56)cc4)n3)cccc2-c2ccc3ccccc3c21.C[Si]1(C)c2cc(-c3nc(-c4ccccc4)nc(-c4ccc(-c5cccc6ccccc56)cc4)n3)ccc2-c2ccc3ccccc3c21.C[Si]1(C)c2cccc(-c3nc(-c4ccccc4)nc(-c4ccc(-c5ccc6ccccc6c5)cc4)n3)c2-c2ccc3ccccc3c21. The number of aromatic nitrogens is 9. The van der Waals surface area contributed by atoms with E-state index in [1.165, 1.54) is 157 Å². The topological polar surface area (TPSA) is 116 Å². The van der Waals surface area contributed by atoms with E-state index >= 15 is 0 Å². The van der Waals surface area contributed by atoms with Crippen molar-refractivity contribution < 1.29 is 0 Å². The second-order valence-electron chi connectivity index (χ2n) is 38.6. The Hall–Kier alpha value is -17.1. The highest BCUT2D eigenvalue weighted by Gasteiger charge is 2.44. The molecule has 0 spiro atoms. The monoisotopic (exact) mass is 1850 g/mol. The second-order valence-corrected chi connectivity index (χ2v) is 51.4. The molecular formula is C129H93N9Si3. The molecule has 27 rings (SSSR count). The zero-order chi connectivity index (χ0) is 94.6. The number of nitrogens with zero attached hydrogens (tertiary/aromatic N) is 9. The first-order chi connectivity index (χ1) is 69.1. The zero-order valence-corrected chi connectivity index (χ0v) is 81.8. The van der Waals surface area contributed by atoms with Crippen molar-refractivity contribution in [2.75, 3.05) is 0 Å². The summed E-state index contributed by atoms with van der Waals surface area (Å²) in [5, 5.41) is 24.2. The van der Waals surface area contributed by atoms with E-state index in [9.17, 15) is 0 Å². The molecule has 0 N–H and O–H groups in total. The number of hydrogen-bond donors (Lipinski definition) is 0. The van der Waals surface area contributed by atoms with Crippen LogP contribution in [0.1, 0.15) is 0 Å². The van der Waals surface area contributed by atoms with Crippen molar-refractivity contribution in [1.29, 1.82) is 0 Å². The molecule has 0 unspecified atom stereocenters. The van der Waals surface area contributed by atoms with Gasteiger partial charge in [-0.25, -0.2) is 44.9 Å². The predicted octanol–water partition coefficient (Wildman–Crippen LogP) is 28.9. The predicted molar refractivity (Wildman–Crippen MR) is 596 cm³/mol. The van der Waals surface area contributed by atoms with Crippen LogP contribution >= 0.6 is 0 Å². The molecule has 0 fully saturated rings. The van der Waals surface area contributed by atoms with Gasteiger partial charge in [-0.05, 0) is 169 Å². The summed E-state index contributed by atoms with van der Waals surface area (Å²) in [5.74, 6) is 6.18. The van der Waals surface area contributed by atoms with Gasteiger partial charge in [0.05, 0.1) is 0 Å². The Morgan fingerprint density at radius 2 is 0.411 bits per heavy atom. The van der Waals surface area contributed by atoms with Gasteiger partial charge in [-0.1, -0.05) is 488 Å². The summed E-state index contributed by atoms with van der Waals surface area (Å²) in [6.45, 7) is 14.8. The number of fused-ring (bicyclic) bond motifs is 18. The molecule has 0 atom stereocenters. The van der Waals surface area contributed by atoms with E-state index in [0.717, 1.165) is 61.5 Å². The van der Waals surface area contributed by atoms with Gasteiger partial charge in [-0.2, -0.15) is 0 Å². The molecule has 0 saturated heterocycles. The van der Waals surface area contributed by atoms with Crippen LogP contribution in [0.4, 0.5) is 0 Å². The third-order valence-corrected chi connectivity index (χ3v) is 39.8. The fourth-order valence-corrected chi connectivity index (χ4v) is 33.0. The maximum absolute atomic E-state index is 5.22. The maximum Gasteiger partial charge on any atom is 0.164 e. The lowest BCUT2D eigenvalue weighted by Gasteiger charge is -2.23. The van der Waals surface area contributed by atoms with E-state index in [2.05, 4.69) is 440 Å². The zero-order valence-electron chi connectivity index (χ0n) is 78.8. The largest absolute Gasteiger partial charge is 0.208 e. The van der Waals surface area contributed by atoms with Gasteiger partial charge in [0.2, 0.25) is 0 Å². The summed E-state index contributed by atoms with van der Waals surface area (Å²) < 4.78 is 0. The van der Waals surface area contributed by atoms with Crippen molar-refractivity contribution in [2.24, 2.45) is 0 Å². The van der Waals surface area contributed by atoms with Crippen LogP contribution in [0.2, 0.25) is 39.3 Å². The Kier molecular flexibility index (Phi) is 21.1. The lowest BCUT2D eigenvalue weighted by molar-refractivity contribution is 1.07. The minimum Gasteiger partial charge on any atom is -0.208 e. The molecule has 0 bridgehead atoms. The third-order valence-electron chi connectivity index (χ3n) is 29.1. The molecule has 141 heavy (non-hydrogen) atoms. The Balaban J connectivity index is 0.000000111. The first-order valence-corrected chi connectivity index (χ1v) is 57.4. The van der Waals surface area contributed by atoms with E-state index in [1.54, 1.807) is 0 Å². The number of hydrogen-bond acceptors (Lipinski definition) is 9. The molecule has 0 saturated carbocycles. The molecule has 21 aromatic carbocycles. The normalized spacial score (nSPS) is 13.1. The molecule has 6 heterocycles. The van der Waals surface area contributed by atoms with E-state index in [-0.39, 0.29) is 0 Å². The highest BCUT2D eigenvalue weighted by molar-refractivity contribution is 7.07. The van der Waals surface area contributed by atoms with Crippen LogP contribution in [0.5, 0.6) is 0 Å². The Morgan fingerprint density at radius 1 is 0.135 bits per heavy atom. The fraction of sp³-hybridized carbons (Fsp3) is 0.0465. The van der Waals surface area contributed by atoms with Crippen LogP contribution in [-0.4, -0.2) is 69.1 Å². The molecule has 3 aliphatic heterocycles. The molecule has 9 nitrogen and oxygen atoms in total. The lowest BCUT2D eigenvalue weighted by Crippen LogP contribution is -2.50. The maximum atomic E-state index is 5.22. The van der Waals surface area contributed by atoms with Crippen molar-refractivity contribution in [3.8, 4) is 169 Å². The first-order valence-electron chi connectivity index (χ1n) is 48.4. The van der Waals surface area contributed by atoms with Crippen LogP contribution in [0.15, 0.2) is 455 Å². The van der Waals surface area contributed by atoms with E-state index in [0.29, 0.717) is 46.6 Å². The van der Waals surface area contributed by atoms with Gasteiger partial charge >= 0.3 is 0 Å². The first kappa shape index (κ1) is 85.5. The van der Waals surface area contributed by atoms with Gasteiger partial charge in [0.25, 0.3) is 0 Å². The van der Waals surface area contributed by atoms with Gasteiger partial charge in [0, 0.05) is 50.1 Å². The van der Waals surface area contributed by atoms with Gasteiger partial charge < -0.3 is 0 Å². The average molecular weight is 1850 g/mol. The smallest absolute Gasteiger partial charge is 0.164 e. The quantitative estimate of drug-likeness (QED) is 0.110. The molecule has 3 aliphatic rings. The molecule has 0 radical (unpaired) electrons. The summed E-state index contributed by atoms with van der Waals surface area (Å²) in [5.41, 5.74) is 24.1. The van der Waals surface area contributed by atoms with Crippen LogP contribution in [-0.2, 0) is 0 Å². The molecule has 0 aliphatic carbocycles. The molecular weight excluding hydrogens is 1760 g/mol. The highest BCUT2D eigenvalue weighted by Crippen LogP contribution is 2.44. The van der Waals surface area contributed by atoms with Crippen LogP contribution in [0.25, 0.3) is 234 Å². The second kappa shape index (κ2) is 34.8. The van der Waals surface area contributed by atoms with Gasteiger partial charge in [0.15, 0.2) is 52.4 Å². The summed E-state index contributed by atoms with van der Waals surface area (Å²) in [6.07, 6.45) is 0. The van der Waals surface area contributed by atoms with Crippen molar-refractivity contribution in [3.63, 3.8) is 0 Å². The van der Waals surface area contributed by atoms with E-state index < -0.39 is 24.2 Å². The summed E-state index contributed by atoms with van der Waals surface area (Å²) in [4.78, 5) is 46.0. The minimum absolute atomic E-state index is 0.671. The molecule has 666 valence electrons. The standard InChI is InChI=1S/3C43H31N3Si/c1-47(2)39-35-18-9-7-13-29(35)26-27-37(39)36-20-11-21-38(40(36)47)43-45-41(31-14-4-3-5-15-31)44-42(46-43)32-24-22-30(23-25-32)34-19-10-16-28-12-6-8-17-33(28)34;1-47(2)39-27-33(24-25-37(39)38-26-23-29-12-7-9-17-36(29)40(38)47)43-45-41(31-13-4-3-5-14-31)44-42(46-43)32-21-19-30(20-22-32)35-18-10-15-28-11-6-8-16-34(28)35;1-47(2)38-18-10-17-37(39(38)36-26-25-30-12-8-9-16-35(30)40(36)47)43-45-41(31-13-4-3-5-14-31)44-42(46-43)32-22-19-29(20-23-32)34-24-21-28-11-6-7-15-33(28)27-34/h3*3-27H,1-2H3. The van der Waals surface area contributed by atoms with Gasteiger partial charge in [-0.15, -0.1) is 0 Å². The Labute approximate surface area is 822 Å². The van der Waals surface area contributed by atoms with Crippen molar-refractivity contribution in [1.82, 2.24) is 44.9 Å². The third kappa shape index (κ3) is 15.2. The van der Waals surface area contributed by atoms with Crippen molar-refractivity contribution in [3.05, 3.63) is 455 Å². The summed E-state index contributed by atoms with van der Waals surface area (Å²) >= 11 is 0. The fourth-order valence-electron chi connectivity index (χ4n) is 22.3. The summed E-state index contributed by atoms with van der Waals surface area (Å²) in [7, 11) is -6.12. The average Bonchev–Trinajstić information content (AvgIpc) is 1.71. The molecule has 3 aromatic heterocycles. The van der Waals surface area contributed by atoms with Crippen molar-refractivity contribution >= 4 is 120 Å². The van der Waals surface area contributed by atoms with E-state index in [1.807, 2.05) is 54.6 Å². The Morgan fingerprint density at radius 3 is 0.887 bits per heavy atom. The summed E-state index contributed by atoms with van der Waals surface area (Å²) in [6, 6.07) is 162. The molecule has 12 heteroatoms. The van der Waals surface area contributed by atoms with Gasteiger partial charge in [-0.3, -0.25) is 0 Å². The number of benzene rings is 21. The Bertz CT molecular complexity index is 9120. The van der Waals surface area contributed by atoms with Crippen molar-refractivity contribution in [2.45, 2.75) is 39.3 Å². The van der Waals surface area contributed by atoms with Gasteiger partial charge in [0.1, 0.15) is 24.2 Å². The molecule has 24 aromatic rings. The lowest BCUT2D eigenvalue weighted by atomic mass is 9.96. The van der Waals surface area contributed by atoms with Crippen LogP contribution in [0, 0.1) is 0 Å². The van der Waals surface area contributed by atoms with Crippen LogP contribution < -0.4 is 31.1 Å². The van der Waals surface area contributed by atoms with Crippen LogP contribution in [0.3, 0.4) is 0 Å². The minimum atomic E-state index is -2.13. The number of rotatable bonds is 12. The van der Waals surface area contributed by atoms with E-state index in [4.69, 9.17) is 44.9 Å².